The molecule has 0 saturated carbocycles. The van der Waals surface area contributed by atoms with Crippen LogP contribution in [0.5, 0.6) is 0 Å². The molecule has 2 fully saturated rings. The largest absolute Gasteiger partial charge is 0.370 e. The zero-order valence-electron chi connectivity index (χ0n) is 28.7. The van der Waals surface area contributed by atoms with Gasteiger partial charge in [-0.2, -0.15) is 4.99 Å². The van der Waals surface area contributed by atoms with Crippen LogP contribution in [0.2, 0.25) is 0 Å². The van der Waals surface area contributed by atoms with Crippen molar-refractivity contribution in [2.24, 2.45) is 22.2 Å². The molecule has 0 spiro atoms. The van der Waals surface area contributed by atoms with Gasteiger partial charge in [0, 0.05) is 47.3 Å². The van der Waals surface area contributed by atoms with Gasteiger partial charge in [0.25, 0.3) is 0 Å². The van der Waals surface area contributed by atoms with Gasteiger partial charge in [-0.15, -0.1) is 0 Å². The summed E-state index contributed by atoms with van der Waals surface area (Å²) in [5.74, 6) is -2.11. The summed E-state index contributed by atoms with van der Waals surface area (Å²) in [5.41, 5.74) is 21.4. The fourth-order valence-electron chi connectivity index (χ4n) is 8.04. The standard InChI is InChI=1S/C31H66N10/c1-13-15-17-40(23-19-26(3,4)38(11)27(5,6)20-23)30(33)35-25(32)36-31(34,37-30)41(18-16-14-2)24-21-28(7,8)39(12)29(9,10)22-24/h23-24,37H,13-22,33-34H2,1-12H3,(H3,32,35,36). The monoisotopic (exact) mass is 579 g/mol. The van der Waals surface area contributed by atoms with Crippen LogP contribution in [0.15, 0.2) is 4.99 Å². The molecule has 3 rings (SSSR count). The molecule has 0 bridgehead atoms. The zero-order chi connectivity index (χ0) is 31.2. The molecule has 3 aliphatic rings. The molecular weight excluding hydrogens is 512 g/mol. The summed E-state index contributed by atoms with van der Waals surface area (Å²) in [7, 11) is 4.48. The van der Waals surface area contributed by atoms with Crippen molar-refractivity contribution in [3.63, 3.8) is 0 Å². The second-order valence-corrected chi connectivity index (χ2v) is 15.8. The molecule has 0 aromatic heterocycles. The Morgan fingerprint density at radius 3 is 1.49 bits per heavy atom. The SMILES string of the molecule is CCCCN(C1CC(C)(C)N(C)C(C)(C)C1)C1(N)N=C(N)NC(N)(N(CCCC)C2CC(C)(C)N(C)C(C)(C)C2)N1. The van der Waals surface area contributed by atoms with Crippen LogP contribution in [0.3, 0.4) is 0 Å². The minimum atomic E-state index is -1.24. The molecule has 41 heavy (non-hydrogen) atoms. The van der Waals surface area contributed by atoms with Gasteiger partial charge in [-0.1, -0.05) is 26.7 Å². The normalized spacial score (nSPS) is 32.7. The smallest absolute Gasteiger partial charge is 0.230 e. The molecule has 0 aromatic rings. The number of guanidine groups is 1. The predicted octanol–water partition coefficient (Wildman–Crippen LogP) is 3.14. The van der Waals surface area contributed by atoms with Gasteiger partial charge in [-0.3, -0.25) is 31.1 Å². The minimum Gasteiger partial charge on any atom is -0.370 e. The van der Waals surface area contributed by atoms with Crippen LogP contribution in [0, 0.1) is 0 Å². The highest BCUT2D eigenvalue weighted by atomic mass is 15.7. The third kappa shape index (κ3) is 7.05. The lowest BCUT2D eigenvalue weighted by Crippen LogP contribution is -2.88. The van der Waals surface area contributed by atoms with Crippen molar-refractivity contribution in [1.29, 1.82) is 0 Å². The topological polar surface area (TPSA) is 127 Å². The van der Waals surface area contributed by atoms with Crippen LogP contribution >= 0.6 is 0 Å². The quantitative estimate of drug-likeness (QED) is 0.248. The van der Waals surface area contributed by atoms with Crippen molar-refractivity contribution in [2.75, 3.05) is 27.2 Å². The number of rotatable bonds is 10. The minimum absolute atomic E-state index is 0.00761. The molecule has 2 unspecified atom stereocenters. The average Bonchev–Trinajstić information content (AvgIpc) is 2.79. The van der Waals surface area contributed by atoms with Gasteiger partial charge >= 0.3 is 0 Å². The molecule has 8 N–H and O–H groups in total. The van der Waals surface area contributed by atoms with Crippen LogP contribution < -0.4 is 27.8 Å². The Morgan fingerprint density at radius 2 is 1.10 bits per heavy atom. The van der Waals surface area contributed by atoms with Gasteiger partial charge in [0.2, 0.25) is 11.8 Å². The summed E-state index contributed by atoms with van der Waals surface area (Å²) in [5, 5.41) is 7.05. The highest BCUT2D eigenvalue weighted by molar-refractivity contribution is 5.79. The second-order valence-electron chi connectivity index (χ2n) is 15.8. The van der Waals surface area contributed by atoms with Gasteiger partial charge in [-0.25, -0.2) is 5.32 Å². The summed E-state index contributed by atoms with van der Waals surface area (Å²) in [4.78, 5) is 14.7. The average molecular weight is 579 g/mol. The van der Waals surface area contributed by atoms with Crippen molar-refractivity contribution < 1.29 is 0 Å². The first-order valence-electron chi connectivity index (χ1n) is 16.2. The van der Waals surface area contributed by atoms with Crippen molar-refractivity contribution in [3.05, 3.63) is 0 Å². The van der Waals surface area contributed by atoms with Gasteiger partial charge in [0.1, 0.15) is 0 Å². The number of nitrogens with one attached hydrogen (secondary N) is 2. The highest BCUT2D eigenvalue weighted by Crippen LogP contribution is 2.42. The van der Waals surface area contributed by atoms with Gasteiger partial charge in [0.05, 0.1) is 0 Å². The number of hydrogen-bond acceptors (Lipinski definition) is 10. The molecule has 0 amide bonds. The van der Waals surface area contributed by atoms with Crippen molar-refractivity contribution in [3.8, 4) is 0 Å². The van der Waals surface area contributed by atoms with E-state index in [2.05, 4.69) is 114 Å². The molecule has 2 saturated heterocycles. The van der Waals surface area contributed by atoms with Crippen LogP contribution in [-0.2, 0) is 0 Å². The Hall–Kier alpha value is -1.01. The third-order valence-corrected chi connectivity index (χ3v) is 10.8. The first kappa shape index (κ1) is 34.5. The van der Waals surface area contributed by atoms with Gasteiger partial charge in [-0.05, 0) is 108 Å². The Balaban J connectivity index is 2.04. The lowest BCUT2D eigenvalue weighted by atomic mass is 9.76. The van der Waals surface area contributed by atoms with Crippen LogP contribution in [0.25, 0.3) is 0 Å². The van der Waals surface area contributed by atoms with Crippen LogP contribution in [0.4, 0.5) is 0 Å². The van der Waals surface area contributed by atoms with Crippen molar-refractivity contribution >= 4 is 5.96 Å². The van der Waals surface area contributed by atoms with E-state index in [4.69, 9.17) is 22.2 Å². The number of nitrogens with zero attached hydrogens (tertiary/aromatic N) is 5. The maximum absolute atomic E-state index is 7.39. The predicted molar refractivity (Wildman–Crippen MR) is 173 cm³/mol. The molecule has 0 radical (unpaired) electrons. The molecule has 3 heterocycles. The highest BCUT2D eigenvalue weighted by Gasteiger charge is 2.55. The number of hydrogen-bond donors (Lipinski definition) is 5. The summed E-state index contributed by atoms with van der Waals surface area (Å²) >= 11 is 0. The Morgan fingerprint density at radius 1 is 0.732 bits per heavy atom. The van der Waals surface area contributed by atoms with Crippen LogP contribution in [0.1, 0.15) is 121 Å². The number of piperidine rings is 2. The lowest BCUT2D eigenvalue weighted by molar-refractivity contribution is -0.131. The van der Waals surface area contributed by atoms with E-state index < -0.39 is 11.8 Å². The van der Waals surface area contributed by atoms with Crippen molar-refractivity contribution in [2.45, 2.75) is 167 Å². The number of nitrogens with two attached hydrogens (primary N) is 3. The Labute approximate surface area is 252 Å². The maximum atomic E-state index is 7.39. The molecule has 0 aliphatic carbocycles. The first-order chi connectivity index (χ1) is 18.6. The Bertz CT molecular complexity index is 894. The van der Waals surface area contributed by atoms with E-state index >= 15 is 0 Å². The summed E-state index contributed by atoms with van der Waals surface area (Å²) in [6, 6.07) is 0.442. The zero-order valence-corrected chi connectivity index (χ0v) is 28.7. The fourth-order valence-corrected chi connectivity index (χ4v) is 8.04. The van der Waals surface area contributed by atoms with Gasteiger partial charge in [0.15, 0.2) is 5.96 Å². The lowest BCUT2D eigenvalue weighted by Gasteiger charge is -2.61. The molecule has 0 aromatic carbocycles. The summed E-state index contributed by atoms with van der Waals surface area (Å²) in [6.07, 6.45) is 8.13. The fraction of sp³-hybridized carbons (Fsp3) is 0.968. The van der Waals surface area contributed by atoms with E-state index in [9.17, 15) is 0 Å². The molecular formula is C31H66N10. The number of aliphatic imine (C=N–C) groups is 1. The van der Waals surface area contributed by atoms with E-state index in [1.165, 1.54) is 0 Å². The van der Waals surface area contributed by atoms with Crippen LogP contribution in [-0.4, -0.2) is 98.8 Å². The van der Waals surface area contributed by atoms with Crippen molar-refractivity contribution in [1.82, 2.24) is 30.2 Å². The third-order valence-electron chi connectivity index (χ3n) is 10.8. The molecule has 10 heteroatoms. The second kappa shape index (κ2) is 11.8. The van der Waals surface area contributed by atoms with E-state index in [1.807, 2.05) is 0 Å². The molecule has 3 aliphatic heterocycles. The van der Waals surface area contributed by atoms with E-state index in [0.29, 0.717) is 0 Å². The van der Waals surface area contributed by atoms with E-state index in [1.54, 1.807) is 0 Å². The summed E-state index contributed by atoms with van der Waals surface area (Å²) < 4.78 is 0. The maximum Gasteiger partial charge on any atom is 0.230 e. The van der Waals surface area contributed by atoms with E-state index in [0.717, 1.165) is 64.5 Å². The van der Waals surface area contributed by atoms with E-state index in [-0.39, 0.29) is 40.2 Å². The Kier molecular flexibility index (Phi) is 9.94. The summed E-state index contributed by atoms with van der Waals surface area (Å²) in [6.45, 7) is 24.8. The number of unbranched alkanes of at least 4 members (excludes halogenated alkanes) is 2. The molecule has 240 valence electrons. The first-order valence-corrected chi connectivity index (χ1v) is 16.2. The number of likely N-dealkylation sites (tertiary alicyclic amines) is 2. The van der Waals surface area contributed by atoms with Gasteiger partial charge < -0.3 is 11.1 Å². The molecule has 10 nitrogen and oxygen atoms in total. The molecule has 2 atom stereocenters.